The standard InChI is InChI=1S/C14H16F3N5O/c1-21-5-4-10(19-21)7-18-13(23)8-22-11(9-2-3-9)6-12(20-22)14(15,16)17/h4-6,9H,2-3,7-8H2,1H3,(H,18,23). The van der Waals surface area contributed by atoms with Gasteiger partial charge in [-0.15, -0.1) is 0 Å². The summed E-state index contributed by atoms with van der Waals surface area (Å²) >= 11 is 0. The van der Waals surface area contributed by atoms with Crippen molar-refractivity contribution in [3.05, 3.63) is 35.4 Å². The number of nitrogens with zero attached hydrogens (tertiary/aromatic N) is 4. The predicted molar refractivity (Wildman–Crippen MR) is 74.3 cm³/mol. The predicted octanol–water partition coefficient (Wildman–Crippen LogP) is 1.83. The van der Waals surface area contributed by atoms with Gasteiger partial charge in [0.15, 0.2) is 5.69 Å². The molecule has 1 fully saturated rings. The Balaban J connectivity index is 1.66. The molecule has 0 bridgehead atoms. The van der Waals surface area contributed by atoms with Gasteiger partial charge in [0, 0.05) is 24.9 Å². The fraction of sp³-hybridized carbons (Fsp3) is 0.500. The van der Waals surface area contributed by atoms with E-state index in [-0.39, 0.29) is 19.0 Å². The Bertz CT molecular complexity index is 714. The van der Waals surface area contributed by atoms with Crippen LogP contribution in [0, 0.1) is 0 Å². The topological polar surface area (TPSA) is 64.7 Å². The second-order valence-corrected chi connectivity index (χ2v) is 5.64. The number of amides is 1. The molecule has 1 aliphatic carbocycles. The first-order valence-corrected chi connectivity index (χ1v) is 7.23. The zero-order valence-electron chi connectivity index (χ0n) is 12.5. The van der Waals surface area contributed by atoms with Crippen molar-refractivity contribution in [2.75, 3.05) is 0 Å². The van der Waals surface area contributed by atoms with Crippen molar-refractivity contribution in [1.29, 1.82) is 0 Å². The molecule has 3 rings (SSSR count). The number of hydrogen-bond donors (Lipinski definition) is 1. The first-order chi connectivity index (χ1) is 10.8. The van der Waals surface area contributed by atoms with E-state index >= 15 is 0 Å². The zero-order valence-corrected chi connectivity index (χ0v) is 12.5. The van der Waals surface area contributed by atoms with Crippen LogP contribution in [0.2, 0.25) is 0 Å². The van der Waals surface area contributed by atoms with E-state index in [4.69, 9.17) is 0 Å². The highest BCUT2D eigenvalue weighted by atomic mass is 19.4. The molecule has 0 atom stereocenters. The first-order valence-electron chi connectivity index (χ1n) is 7.23. The smallest absolute Gasteiger partial charge is 0.349 e. The summed E-state index contributed by atoms with van der Waals surface area (Å²) in [5.41, 5.74) is 0.210. The first kappa shape index (κ1) is 15.6. The van der Waals surface area contributed by atoms with E-state index < -0.39 is 17.8 Å². The van der Waals surface area contributed by atoms with Crippen LogP contribution in [0.4, 0.5) is 13.2 Å². The van der Waals surface area contributed by atoms with E-state index in [9.17, 15) is 18.0 Å². The third-order valence-corrected chi connectivity index (χ3v) is 3.63. The third kappa shape index (κ3) is 3.72. The van der Waals surface area contributed by atoms with Crippen molar-refractivity contribution < 1.29 is 18.0 Å². The molecule has 1 saturated carbocycles. The van der Waals surface area contributed by atoms with Gasteiger partial charge in [0.2, 0.25) is 5.91 Å². The number of aryl methyl sites for hydroxylation is 1. The van der Waals surface area contributed by atoms with Crippen molar-refractivity contribution >= 4 is 5.91 Å². The monoisotopic (exact) mass is 327 g/mol. The third-order valence-electron chi connectivity index (χ3n) is 3.63. The van der Waals surface area contributed by atoms with Gasteiger partial charge >= 0.3 is 6.18 Å². The summed E-state index contributed by atoms with van der Waals surface area (Å²) in [5, 5.41) is 10.3. The molecule has 0 saturated heterocycles. The lowest BCUT2D eigenvalue weighted by Crippen LogP contribution is -2.28. The highest BCUT2D eigenvalue weighted by Gasteiger charge is 2.38. The minimum atomic E-state index is -4.50. The molecule has 9 heteroatoms. The lowest BCUT2D eigenvalue weighted by atomic mass is 10.2. The summed E-state index contributed by atoms with van der Waals surface area (Å²) < 4.78 is 41.1. The second-order valence-electron chi connectivity index (χ2n) is 5.64. The number of nitrogens with one attached hydrogen (secondary N) is 1. The lowest BCUT2D eigenvalue weighted by molar-refractivity contribution is -0.141. The van der Waals surface area contributed by atoms with Gasteiger partial charge < -0.3 is 5.32 Å². The fourth-order valence-corrected chi connectivity index (χ4v) is 2.34. The largest absolute Gasteiger partial charge is 0.435 e. The van der Waals surface area contributed by atoms with E-state index in [2.05, 4.69) is 15.5 Å². The molecule has 2 heterocycles. The number of carbonyl (C=O) groups excluding carboxylic acids is 1. The van der Waals surface area contributed by atoms with E-state index in [0.717, 1.165) is 23.6 Å². The minimum Gasteiger partial charge on any atom is -0.349 e. The molecule has 0 unspecified atom stereocenters. The molecular formula is C14H16F3N5O. The number of rotatable bonds is 5. The molecule has 6 nitrogen and oxygen atoms in total. The Morgan fingerprint density at radius 2 is 2.13 bits per heavy atom. The van der Waals surface area contributed by atoms with Gasteiger partial charge in [-0.05, 0) is 25.0 Å². The van der Waals surface area contributed by atoms with Crippen molar-refractivity contribution in [1.82, 2.24) is 24.9 Å². The van der Waals surface area contributed by atoms with Gasteiger partial charge in [0.25, 0.3) is 0 Å². The van der Waals surface area contributed by atoms with Crippen LogP contribution in [0.1, 0.15) is 35.8 Å². The summed E-state index contributed by atoms with van der Waals surface area (Å²) in [6.45, 7) is 0.000574. The van der Waals surface area contributed by atoms with Crippen molar-refractivity contribution in [2.45, 2.75) is 38.0 Å². The average molecular weight is 327 g/mol. The second kappa shape index (κ2) is 5.71. The summed E-state index contributed by atoms with van der Waals surface area (Å²) in [6.07, 6.45) is -1.09. The van der Waals surface area contributed by atoms with Crippen LogP contribution in [-0.2, 0) is 31.1 Å². The summed E-state index contributed by atoms with van der Waals surface area (Å²) in [4.78, 5) is 12.0. The molecule has 0 radical (unpaired) electrons. The van der Waals surface area contributed by atoms with E-state index in [0.29, 0.717) is 11.4 Å². The van der Waals surface area contributed by atoms with Crippen LogP contribution >= 0.6 is 0 Å². The maximum atomic E-state index is 12.8. The van der Waals surface area contributed by atoms with Gasteiger partial charge in [-0.2, -0.15) is 23.4 Å². The van der Waals surface area contributed by atoms with Gasteiger partial charge in [-0.1, -0.05) is 0 Å². The number of carbonyl (C=O) groups is 1. The molecule has 0 aliphatic heterocycles. The Morgan fingerprint density at radius 3 is 2.70 bits per heavy atom. The maximum absolute atomic E-state index is 12.8. The van der Waals surface area contributed by atoms with Crippen LogP contribution in [-0.4, -0.2) is 25.5 Å². The molecule has 1 amide bonds. The Morgan fingerprint density at radius 1 is 1.39 bits per heavy atom. The van der Waals surface area contributed by atoms with E-state index in [1.165, 1.54) is 0 Å². The molecule has 124 valence electrons. The molecule has 2 aromatic rings. The van der Waals surface area contributed by atoms with Gasteiger partial charge in [0.05, 0.1) is 12.2 Å². The molecule has 0 spiro atoms. The van der Waals surface area contributed by atoms with Crippen LogP contribution in [0.5, 0.6) is 0 Å². The SMILES string of the molecule is Cn1ccc(CNC(=O)Cn2nc(C(F)(F)F)cc2C2CC2)n1. The summed E-state index contributed by atoms with van der Waals surface area (Å²) in [5.74, 6) is -0.323. The Kier molecular flexibility index (Phi) is 3.87. The summed E-state index contributed by atoms with van der Waals surface area (Å²) in [7, 11) is 1.76. The van der Waals surface area contributed by atoms with E-state index in [1.54, 1.807) is 24.0 Å². The number of halogens is 3. The number of hydrogen-bond acceptors (Lipinski definition) is 3. The normalized spacial score (nSPS) is 15.0. The van der Waals surface area contributed by atoms with Crippen molar-refractivity contribution in [2.24, 2.45) is 7.05 Å². The van der Waals surface area contributed by atoms with E-state index in [1.807, 2.05) is 0 Å². The quantitative estimate of drug-likeness (QED) is 0.911. The number of aromatic nitrogens is 4. The number of alkyl halides is 3. The van der Waals surface area contributed by atoms with Crippen LogP contribution < -0.4 is 5.32 Å². The van der Waals surface area contributed by atoms with Crippen LogP contribution in [0.15, 0.2) is 18.3 Å². The average Bonchev–Trinajstić information content (AvgIpc) is 3.08. The zero-order chi connectivity index (χ0) is 16.6. The fourth-order valence-electron chi connectivity index (χ4n) is 2.34. The highest BCUT2D eigenvalue weighted by Crippen LogP contribution is 2.42. The minimum absolute atomic E-state index is 0.0715. The molecule has 1 aliphatic rings. The van der Waals surface area contributed by atoms with Gasteiger partial charge in [0.1, 0.15) is 6.54 Å². The summed E-state index contributed by atoms with van der Waals surface area (Å²) in [6, 6.07) is 2.80. The molecule has 23 heavy (non-hydrogen) atoms. The Labute approximate surface area is 130 Å². The van der Waals surface area contributed by atoms with Crippen molar-refractivity contribution in [3.8, 4) is 0 Å². The molecule has 2 aromatic heterocycles. The molecule has 1 N–H and O–H groups in total. The maximum Gasteiger partial charge on any atom is 0.435 e. The molecule has 0 aromatic carbocycles. The lowest BCUT2D eigenvalue weighted by Gasteiger charge is -2.07. The highest BCUT2D eigenvalue weighted by molar-refractivity contribution is 5.75. The molecular weight excluding hydrogens is 311 g/mol. The van der Waals surface area contributed by atoms with Crippen molar-refractivity contribution in [3.63, 3.8) is 0 Å². The van der Waals surface area contributed by atoms with Gasteiger partial charge in [-0.3, -0.25) is 14.2 Å². The Hall–Kier alpha value is -2.32. The van der Waals surface area contributed by atoms with Gasteiger partial charge in [-0.25, -0.2) is 0 Å². The van der Waals surface area contributed by atoms with Crippen LogP contribution in [0.3, 0.4) is 0 Å². The van der Waals surface area contributed by atoms with Crippen LogP contribution in [0.25, 0.3) is 0 Å².